The van der Waals surface area contributed by atoms with Gasteiger partial charge in [-0.3, -0.25) is 4.72 Å². The number of hydrogen-bond donors (Lipinski definition) is 2. The molecule has 20 heavy (non-hydrogen) atoms. The summed E-state index contributed by atoms with van der Waals surface area (Å²) in [6.45, 7) is 0.580. The molecule has 8 heteroatoms. The normalized spacial score (nSPS) is 11.6. The van der Waals surface area contributed by atoms with E-state index in [-0.39, 0.29) is 15.7 Å². The Bertz CT molecular complexity index is 712. The fourth-order valence-electron chi connectivity index (χ4n) is 1.73. The van der Waals surface area contributed by atoms with Crippen molar-refractivity contribution in [3.05, 3.63) is 41.3 Å². The third-order valence-corrected chi connectivity index (χ3v) is 4.35. The highest BCUT2D eigenvalue weighted by molar-refractivity contribution is 7.92. The lowest BCUT2D eigenvalue weighted by atomic mass is 10.4. The minimum Gasteiger partial charge on any atom is -0.352 e. The predicted octanol–water partition coefficient (Wildman–Crippen LogP) is 1.59. The summed E-state index contributed by atoms with van der Waals surface area (Å²) in [6, 6.07) is 4.81. The molecule has 108 valence electrons. The first-order chi connectivity index (χ1) is 9.44. The van der Waals surface area contributed by atoms with Gasteiger partial charge in [-0.15, -0.1) is 0 Å². The maximum Gasteiger partial charge on any atom is 0.264 e. The molecule has 0 saturated carbocycles. The lowest BCUT2D eigenvalue weighted by Gasteiger charge is -2.06. The summed E-state index contributed by atoms with van der Waals surface area (Å²) < 4.78 is 28.7. The quantitative estimate of drug-likeness (QED) is 0.879. The summed E-state index contributed by atoms with van der Waals surface area (Å²) >= 11 is 5.90. The minimum absolute atomic E-state index is 0.119. The number of nitrogens with one attached hydrogen (secondary N) is 2. The Kier molecular flexibility index (Phi) is 4.32. The van der Waals surface area contributed by atoms with Gasteiger partial charge in [-0.05, 0) is 25.2 Å². The summed E-state index contributed by atoms with van der Waals surface area (Å²) in [5, 5.41) is 3.23. The van der Waals surface area contributed by atoms with E-state index in [1.54, 1.807) is 43.1 Å². The largest absolute Gasteiger partial charge is 0.352 e. The third kappa shape index (κ3) is 3.12. The molecule has 2 N–H and O–H groups in total. The lowest BCUT2D eigenvalue weighted by Crippen LogP contribution is -2.13. The molecule has 2 aromatic rings. The molecule has 0 radical (unpaired) electrons. The van der Waals surface area contributed by atoms with Gasteiger partial charge in [0.25, 0.3) is 10.0 Å². The Labute approximate surface area is 122 Å². The van der Waals surface area contributed by atoms with Gasteiger partial charge in [-0.25, -0.2) is 13.4 Å². The van der Waals surface area contributed by atoms with Gasteiger partial charge in [-0.1, -0.05) is 11.6 Å². The number of hydrogen-bond acceptors (Lipinski definition) is 4. The monoisotopic (exact) mass is 314 g/mol. The second kappa shape index (κ2) is 5.82. The van der Waals surface area contributed by atoms with E-state index < -0.39 is 10.0 Å². The average molecular weight is 315 g/mol. The molecule has 2 rings (SSSR count). The van der Waals surface area contributed by atoms with Crippen molar-refractivity contribution in [3.8, 4) is 0 Å². The zero-order valence-electron chi connectivity index (χ0n) is 11.1. The maximum absolute atomic E-state index is 12.3. The Balaban J connectivity index is 2.31. The summed E-state index contributed by atoms with van der Waals surface area (Å²) in [6.07, 6.45) is 3.02. The molecular weight excluding hydrogens is 300 g/mol. The molecule has 0 aliphatic carbocycles. The third-order valence-electron chi connectivity index (χ3n) is 2.74. The average Bonchev–Trinajstić information content (AvgIpc) is 2.75. The zero-order valence-corrected chi connectivity index (χ0v) is 12.7. The molecular formula is C12H15ClN4O2S. The first kappa shape index (κ1) is 14.8. The predicted molar refractivity (Wildman–Crippen MR) is 78.2 cm³/mol. The van der Waals surface area contributed by atoms with Crippen LogP contribution in [0, 0.1) is 0 Å². The Morgan fingerprint density at radius 3 is 2.85 bits per heavy atom. The fraction of sp³-hybridized carbons (Fsp3) is 0.250. The molecule has 0 atom stereocenters. The van der Waals surface area contributed by atoms with Gasteiger partial charge in [0, 0.05) is 31.7 Å². The van der Waals surface area contributed by atoms with Crippen molar-refractivity contribution in [2.75, 3.05) is 11.8 Å². The number of aromatic nitrogens is 2. The topological polar surface area (TPSA) is 76.0 Å². The van der Waals surface area contributed by atoms with E-state index in [1.807, 2.05) is 0 Å². The Morgan fingerprint density at radius 2 is 2.20 bits per heavy atom. The molecule has 0 saturated heterocycles. The molecule has 0 amide bonds. The van der Waals surface area contributed by atoms with Crippen LogP contribution in [0.4, 0.5) is 5.82 Å². The number of halogens is 1. The fourth-order valence-corrected chi connectivity index (χ4v) is 3.08. The SMILES string of the molecule is CNCc1cc(S(=O)(=O)Nc2ncccc2Cl)cn1C. The van der Waals surface area contributed by atoms with Crippen molar-refractivity contribution in [3.63, 3.8) is 0 Å². The van der Waals surface area contributed by atoms with Crippen LogP contribution in [0.3, 0.4) is 0 Å². The second-order valence-electron chi connectivity index (χ2n) is 4.25. The van der Waals surface area contributed by atoms with Gasteiger partial charge in [-0.2, -0.15) is 0 Å². The molecule has 6 nitrogen and oxygen atoms in total. The highest BCUT2D eigenvalue weighted by atomic mass is 35.5. The molecule has 0 unspecified atom stereocenters. The van der Waals surface area contributed by atoms with Crippen LogP contribution >= 0.6 is 11.6 Å². The first-order valence-electron chi connectivity index (χ1n) is 5.87. The van der Waals surface area contributed by atoms with Gasteiger partial charge >= 0.3 is 0 Å². The number of aryl methyl sites for hydroxylation is 1. The van der Waals surface area contributed by atoms with Crippen molar-refractivity contribution >= 4 is 27.4 Å². The van der Waals surface area contributed by atoms with E-state index in [2.05, 4.69) is 15.0 Å². The molecule has 0 aliphatic rings. The van der Waals surface area contributed by atoms with Crippen LogP contribution in [0.5, 0.6) is 0 Å². The van der Waals surface area contributed by atoms with Crippen molar-refractivity contribution in [1.29, 1.82) is 0 Å². The maximum atomic E-state index is 12.3. The van der Waals surface area contributed by atoms with Crippen LogP contribution in [-0.2, 0) is 23.6 Å². The number of pyridine rings is 1. The number of anilines is 1. The van der Waals surface area contributed by atoms with Crippen LogP contribution in [-0.4, -0.2) is 25.0 Å². The molecule has 0 spiro atoms. The van der Waals surface area contributed by atoms with Crippen molar-refractivity contribution in [2.24, 2.45) is 7.05 Å². The van der Waals surface area contributed by atoms with Gasteiger partial charge in [0.05, 0.1) is 5.02 Å². The number of nitrogens with zero attached hydrogens (tertiary/aromatic N) is 2. The number of sulfonamides is 1. The lowest BCUT2D eigenvalue weighted by molar-refractivity contribution is 0.601. The summed E-state index contributed by atoms with van der Waals surface area (Å²) in [5.74, 6) is 0.119. The van der Waals surface area contributed by atoms with Crippen LogP contribution in [0.15, 0.2) is 35.5 Å². The Morgan fingerprint density at radius 1 is 1.45 bits per heavy atom. The van der Waals surface area contributed by atoms with E-state index in [9.17, 15) is 8.42 Å². The smallest absolute Gasteiger partial charge is 0.264 e. The van der Waals surface area contributed by atoms with E-state index in [0.29, 0.717) is 6.54 Å². The molecule has 2 aromatic heterocycles. The molecule has 0 fully saturated rings. The number of rotatable bonds is 5. The molecule has 2 heterocycles. The first-order valence-corrected chi connectivity index (χ1v) is 7.73. The van der Waals surface area contributed by atoms with E-state index >= 15 is 0 Å². The highest BCUT2D eigenvalue weighted by Crippen LogP contribution is 2.22. The van der Waals surface area contributed by atoms with Crippen molar-refractivity contribution in [1.82, 2.24) is 14.9 Å². The van der Waals surface area contributed by atoms with Gasteiger partial charge in [0.2, 0.25) is 0 Å². The minimum atomic E-state index is -3.70. The second-order valence-corrected chi connectivity index (χ2v) is 6.34. The van der Waals surface area contributed by atoms with Crippen molar-refractivity contribution < 1.29 is 8.42 Å². The summed E-state index contributed by atoms with van der Waals surface area (Å²) in [5.41, 5.74) is 0.861. The van der Waals surface area contributed by atoms with Crippen LogP contribution in [0.1, 0.15) is 5.69 Å². The highest BCUT2D eigenvalue weighted by Gasteiger charge is 2.19. The Hall–Kier alpha value is -1.57. The van der Waals surface area contributed by atoms with Gasteiger partial charge in [0.15, 0.2) is 5.82 Å². The standard InChI is InChI=1S/C12H15ClN4O2S/c1-14-7-9-6-10(8-17(9)2)20(18,19)16-12-11(13)4-3-5-15-12/h3-6,8,14H,7H2,1-2H3,(H,15,16). The van der Waals surface area contributed by atoms with Crippen LogP contribution < -0.4 is 10.0 Å². The molecule has 0 aliphatic heterocycles. The van der Waals surface area contributed by atoms with Gasteiger partial charge < -0.3 is 9.88 Å². The molecule has 0 aromatic carbocycles. The van der Waals surface area contributed by atoms with E-state index in [1.165, 1.54) is 6.20 Å². The van der Waals surface area contributed by atoms with E-state index in [0.717, 1.165) is 5.69 Å². The summed E-state index contributed by atoms with van der Waals surface area (Å²) in [7, 11) is -0.112. The van der Waals surface area contributed by atoms with Crippen molar-refractivity contribution in [2.45, 2.75) is 11.4 Å². The van der Waals surface area contributed by atoms with Crippen LogP contribution in [0.25, 0.3) is 0 Å². The summed E-state index contributed by atoms with van der Waals surface area (Å²) in [4.78, 5) is 4.09. The zero-order chi connectivity index (χ0) is 14.8. The van der Waals surface area contributed by atoms with Crippen LogP contribution in [0.2, 0.25) is 5.02 Å². The van der Waals surface area contributed by atoms with Gasteiger partial charge in [0.1, 0.15) is 4.90 Å². The van der Waals surface area contributed by atoms with E-state index in [4.69, 9.17) is 11.6 Å². The molecule has 0 bridgehead atoms.